The highest BCUT2D eigenvalue weighted by Crippen LogP contribution is 2.21. The number of carbonyl (C=O) groups is 1. The predicted molar refractivity (Wildman–Crippen MR) is 66.8 cm³/mol. The smallest absolute Gasteiger partial charge is 0.337 e. The van der Waals surface area contributed by atoms with E-state index in [1.165, 1.54) is 4.80 Å². The Kier molecular flexibility index (Phi) is 2.52. The average molecular weight is 257 g/mol. The maximum atomic E-state index is 11.2. The van der Waals surface area contributed by atoms with Gasteiger partial charge in [-0.2, -0.15) is 4.80 Å². The van der Waals surface area contributed by atoms with Crippen LogP contribution in [0.25, 0.3) is 10.9 Å². The molecule has 2 heterocycles. The standard InChI is InChI=1S/C12H11N5O2/c1-16-14-11(13-15-16)7-17-6-9(12(18)19)8-4-2-3-5-10(8)17/h2-6H,7H2,1H3,(H,18,19). The molecule has 0 amide bonds. The molecule has 3 aromatic rings. The molecule has 0 atom stereocenters. The number of benzene rings is 1. The van der Waals surface area contributed by atoms with Gasteiger partial charge in [0, 0.05) is 17.1 Å². The van der Waals surface area contributed by atoms with Crippen LogP contribution >= 0.6 is 0 Å². The Bertz CT molecular complexity index is 758. The monoisotopic (exact) mass is 257 g/mol. The molecule has 1 N–H and O–H groups in total. The van der Waals surface area contributed by atoms with Crippen molar-refractivity contribution in [2.45, 2.75) is 6.54 Å². The summed E-state index contributed by atoms with van der Waals surface area (Å²) in [6, 6.07) is 7.35. The van der Waals surface area contributed by atoms with E-state index < -0.39 is 5.97 Å². The van der Waals surface area contributed by atoms with Gasteiger partial charge >= 0.3 is 5.97 Å². The van der Waals surface area contributed by atoms with Crippen LogP contribution in [0.5, 0.6) is 0 Å². The lowest BCUT2D eigenvalue weighted by molar-refractivity contribution is 0.0699. The van der Waals surface area contributed by atoms with Gasteiger partial charge in [-0.1, -0.05) is 18.2 Å². The number of aromatic nitrogens is 5. The number of aromatic carboxylic acids is 1. The number of carboxylic acid groups (broad SMARTS) is 1. The van der Waals surface area contributed by atoms with E-state index in [-0.39, 0.29) is 5.56 Å². The molecule has 0 bridgehead atoms. The number of para-hydroxylation sites is 1. The van der Waals surface area contributed by atoms with Crippen molar-refractivity contribution < 1.29 is 9.90 Å². The molecule has 3 rings (SSSR count). The summed E-state index contributed by atoms with van der Waals surface area (Å²) in [5.41, 5.74) is 1.12. The second-order valence-electron chi connectivity index (χ2n) is 4.19. The van der Waals surface area contributed by atoms with E-state index in [1.807, 2.05) is 22.8 Å². The van der Waals surface area contributed by atoms with Gasteiger partial charge in [0.1, 0.15) is 0 Å². The molecule has 0 radical (unpaired) electrons. The predicted octanol–water partition coefficient (Wildman–Crippen LogP) is 0.911. The number of nitrogens with zero attached hydrogens (tertiary/aromatic N) is 5. The summed E-state index contributed by atoms with van der Waals surface area (Å²) in [4.78, 5) is 12.6. The molecular formula is C12H11N5O2. The van der Waals surface area contributed by atoms with Crippen LogP contribution in [0.4, 0.5) is 0 Å². The van der Waals surface area contributed by atoms with Crippen molar-refractivity contribution in [3.63, 3.8) is 0 Å². The number of fused-ring (bicyclic) bond motifs is 1. The van der Waals surface area contributed by atoms with E-state index in [4.69, 9.17) is 0 Å². The van der Waals surface area contributed by atoms with Crippen LogP contribution in [0.15, 0.2) is 30.5 Å². The Morgan fingerprint density at radius 1 is 1.37 bits per heavy atom. The number of carboxylic acids is 1. The fourth-order valence-corrected chi connectivity index (χ4v) is 2.09. The van der Waals surface area contributed by atoms with Crippen LogP contribution in [0.2, 0.25) is 0 Å². The zero-order chi connectivity index (χ0) is 13.4. The molecule has 0 aliphatic carbocycles. The molecule has 0 spiro atoms. The average Bonchev–Trinajstić information content (AvgIpc) is 2.95. The van der Waals surface area contributed by atoms with Gasteiger partial charge in [0.15, 0.2) is 5.82 Å². The minimum Gasteiger partial charge on any atom is -0.478 e. The fourth-order valence-electron chi connectivity index (χ4n) is 2.09. The van der Waals surface area contributed by atoms with Crippen molar-refractivity contribution in [1.82, 2.24) is 24.8 Å². The third kappa shape index (κ3) is 1.95. The van der Waals surface area contributed by atoms with Crippen molar-refractivity contribution in [3.05, 3.63) is 41.9 Å². The van der Waals surface area contributed by atoms with Crippen LogP contribution in [-0.2, 0) is 13.6 Å². The lowest BCUT2D eigenvalue weighted by atomic mass is 10.2. The van der Waals surface area contributed by atoms with Gasteiger partial charge in [-0.05, 0) is 11.3 Å². The van der Waals surface area contributed by atoms with Crippen molar-refractivity contribution in [2.75, 3.05) is 0 Å². The lowest BCUT2D eigenvalue weighted by Crippen LogP contribution is -2.01. The Morgan fingerprint density at radius 3 is 2.84 bits per heavy atom. The molecule has 7 nitrogen and oxygen atoms in total. The van der Waals surface area contributed by atoms with Gasteiger partial charge in [0.25, 0.3) is 0 Å². The highest BCUT2D eigenvalue weighted by molar-refractivity contribution is 6.03. The minimum atomic E-state index is -0.943. The van der Waals surface area contributed by atoms with Crippen LogP contribution in [-0.4, -0.2) is 35.9 Å². The number of tetrazole rings is 1. The Labute approximate surface area is 108 Å². The molecule has 96 valence electrons. The molecule has 2 aromatic heterocycles. The summed E-state index contributed by atoms with van der Waals surface area (Å²) in [5, 5.41) is 21.7. The van der Waals surface area contributed by atoms with Crippen LogP contribution in [0.3, 0.4) is 0 Å². The van der Waals surface area contributed by atoms with Gasteiger partial charge in [0.2, 0.25) is 0 Å². The van der Waals surface area contributed by atoms with Gasteiger partial charge < -0.3 is 9.67 Å². The highest BCUT2D eigenvalue weighted by Gasteiger charge is 2.14. The van der Waals surface area contributed by atoms with E-state index in [0.29, 0.717) is 17.8 Å². The molecule has 0 unspecified atom stereocenters. The van der Waals surface area contributed by atoms with E-state index in [0.717, 1.165) is 5.52 Å². The lowest BCUT2D eigenvalue weighted by Gasteiger charge is -2.00. The molecule has 0 saturated carbocycles. The van der Waals surface area contributed by atoms with Crippen molar-refractivity contribution in [3.8, 4) is 0 Å². The second-order valence-corrected chi connectivity index (χ2v) is 4.19. The molecule has 19 heavy (non-hydrogen) atoms. The maximum absolute atomic E-state index is 11.2. The fraction of sp³-hybridized carbons (Fsp3) is 0.167. The van der Waals surface area contributed by atoms with Crippen molar-refractivity contribution in [1.29, 1.82) is 0 Å². The Hall–Kier alpha value is -2.70. The topological polar surface area (TPSA) is 85.8 Å². The van der Waals surface area contributed by atoms with E-state index >= 15 is 0 Å². The maximum Gasteiger partial charge on any atom is 0.337 e. The van der Waals surface area contributed by atoms with Gasteiger partial charge in [0.05, 0.1) is 19.2 Å². The zero-order valence-corrected chi connectivity index (χ0v) is 10.2. The molecule has 1 aromatic carbocycles. The summed E-state index contributed by atoms with van der Waals surface area (Å²) in [6.07, 6.45) is 1.60. The number of hydrogen-bond acceptors (Lipinski definition) is 4. The summed E-state index contributed by atoms with van der Waals surface area (Å²) < 4.78 is 1.82. The molecule has 7 heteroatoms. The number of hydrogen-bond donors (Lipinski definition) is 1. The van der Waals surface area contributed by atoms with E-state index in [1.54, 1.807) is 19.3 Å². The third-order valence-corrected chi connectivity index (χ3v) is 2.88. The van der Waals surface area contributed by atoms with Gasteiger partial charge in [-0.25, -0.2) is 4.79 Å². The third-order valence-electron chi connectivity index (χ3n) is 2.88. The minimum absolute atomic E-state index is 0.277. The summed E-state index contributed by atoms with van der Waals surface area (Å²) >= 11 is 0. The zero-order valence-electron chi connectivity index (χ0n) is 10.2. The van der Waals surface area contributed by atoms with Gasteiger partial charge in [-0.3, -0.25) is 0 Å². The van der Waals surface area contributed by atoms with Crippen LogP contribution in [0, 0.1) is 0 Å². The van der Waals surface area contributed by atoms with Crippen LogP contribution in [0.1, 0.15) is 16.2 Å². The van der Waals surface area contributed by atoms with E-state index in [2.05, 4.69) is 15.4 Å². The first-order chi connectivity index (χ1) is 9.15. The molecule has 0 aliphatic rings. The summed E-state index contributed by atoms with van der Waals surface area (Å²) in [7, 11) is 1.69. The van der Waals surface area contributed by atoms with Gasteiger partial charge in [-0.15, -0.1) is 10.2 Å². The van der Waals surface area contributed by atoms with E-state index in [9.17, 15) is 9.90 Å². The number of rotatable bonds is 3. The molecule has 0 aliphatic heterocycles. The van der Waals surface area contributed by atoms with Crippen LogP contribution < -0.4 is 0 Å². The van der Waals surface area contributed by atoms with Crippen molar-refractivity contribution >= 4 is 16.9 Å². The highest BCUT2D eigenvalue weighted by atomic mass is 16.4. The first-order valence-electron chi connectivity index (χ1n) is 5.69. The summed E-state index contributed by atoms with van der Waals surface area (Å²) in [6.45, 7) is 0.391. The number of aryl methyl sites for hydroxylation is 1. The Balaban J connectivity index is 2.11. The first-order valence-corrected chi connectivity index (χ1v) is 5.69. The quantitative estimate of drug-likeness (QED) is 0.753. The normalized spacial score (nSPS) is 11.0. The largest absolute Gasteiger partial charge is 0.478 e. The Morgan fingerprint density at radius 2 is 2.16 bits per heavy atom. The second kappa shape index (κ2) is 4.20. The molecule has 0 fully saturated rings. The summed E-state index contributed by atoms with van der Waals surface area (Å²) in [5.74, 6) is -0.401. The first kappa shape index (κ1) is 11.4. The molecular weight excluding hydrogens is 246 g/mol. The molecule has 0 saturated heterocycles. The van der Waals surface area contributed by atoms with Crippen molar-refractivity contribution in [2.24, 2.45) is 7.05 Å². The SMILES string of the molecule is Cn1nnc(Cn2cc(C(=O)O)c3ccccc32)n1.